The molecule has 2 heterocycles. The van der Waals surface area contributed by atoms with Crippen LogP contribution in [0.1, 0.15) is 67.2 Å². The van der Waals surface area contributed by atoms with E-state index in [9.17, 15) is 15.0 Å². The Morgan fingerprint density at radius 2 is 1.10 bits per heavy atom. The number of rotatable bonds is 8. The highest BCUT2D eigenvalue weighted by Gasteiger charge is 2.23. The number of phenolic OH excluding ortho intramolecular Hbond substituents is 2. The molecule has 39 heavy (non-hydrogen) atoms. The summed E-state index contributed by atoms with van der Waals surface area (Å²) in [6.07, 6.45) is 10.9. The van der Waals surface area contributed by atoms with E-state index in [1.165, 1.54) is 25.7 Å². The van der Waals surface area contributed by atoms with E-state index in [1.54, 1.807) is 26.4 Å². The first-order valence-corrected chi connectivity index (χ1v) is 14.2. The maximum absolute atomic E-state index is 13.6. The highest BCUT2D eigenvalue weighted by molar-refractivity contribution is 6.14. The Balaban J connectivity index is 1.42. The van der Waals surface area contributed by atoms with Gasteiger partial charge in [0, 0.05) is 35.4 Å². The number of ether oxygens (including phenoxy) is 2. The summed E-state index contributed by atoms with van der Waals surface area (Å²) in [5.41, 5.74) is 4.89. The van der Waals surface area contributed by atoms with Crippen molar-refractivity contribution in [3.05, 3.63) is 57.7 Å². The molecule has 3 fully saturated rings. The molecule has 2 aromatic rings. The molecular weight excluding hydrogens is 492 g/mol. The number of ketones is 1. The lowest BCUT2D eigenvalue weighted by Crippen LogP contribution is -2.18. The third kappa shape index (κ3) is 6.31. The van der Waals surface area contributed by atoms with Gasteiger partial charge in [-0.15, -0.1) is 0 Å². The van der Waals surface area contributed by atoms with Crippen LogP contribution in [-0.4, -0.2) is 66.2 Å². The van der Waals surface area contributed by atoms with Gasteiger partial charge in [0.2, 0.25) is 0 Å². The van der Waals surface area contributed by atoms with Gasteiger partial charge in [-0.25, -0.2) is 0 Å². The van der Waals surface area contributed by atoms with E-state index in [1.807, 2.05) is 24.3 Å². The SMILES string of the molecule is COc1cc(/C=C2\CCC/C(=C\c3cc(CN4CCCC4)c(O)c(OC)c3)C2=O)cc(CN2CCCC2)c1O. The smallest absolute Gasteiger partial charge is 0.185 e. The molecule has 7 nitrogen and oxygen atoms in total. The molecule has 0 spiro atoms. The van der Waals surface area contributed by atoms with Crippen LogP contribution in [-0.2, 0) is 17.9 Å². The molecule has 0 radical (unpaired) electrons. The summed E-state index contributed by atoms with van der Waals surface area (Å²) in [6.45, 7) is 5.45. The van der Waals surface area contributed by atoms with Crippen LogP contribution in [0.25, 0.3) is 12.2 Å². The Bertz CT molecular complexity index is 1170. The summed E-state index contributed by atoms with van der Waals surface area (Å²) in [4.78, 5) is 18.3. The zero-order valence-electron chi connectivity index (χ0n) is 23.2. The molecule has 2 aliphatic heterocycles. The fourth-order valence-corrected chi connectivity index (χ4v) is 6.04. The number of hydrogen-bond acceptors (Lipinski definition) is 7. The minimum absolute atomic E-state index is 0.0440. The normalized spacial score (nSPS) is 20.8. The Morgan fingerprint density at radius 1 is 0.692 bits per heavy atom. The van der Waals surface area contributed by atoms with Gasteiger partial charge in [0.1, 0.15) is 0 Å². The second-order valence-electron chi connectivity index (χ2n) is 11.0. The minimum atomic E-state index is 0.0440. The lowest BCUT2D eigenvalue weighted by molar-refractivity contribution is -0.112. The fourth-order valence-electron chi connectivity index (χ4n) is 6.04. The van der Waals surface area contributed by atoms with Crippen molar-refractivity contribution in [1.29, 1.82) is 0 Å². The molecule has 0 atom stereocenters. The number of aromatic hydroxyl groups is 2. The first kappa shape index (κ1) is 27.3. The molecule has 208 valence electrons. The van der Waals surface area contributed by atoms with Crippen LogP contribution in [0.2, 0.25) is 0 Å². The number of hydrogen-bond donors (Lipinski definition) is 2. The summed E-state index contributed by atoms with van der Waals surface area (Å²) in [6, 6.07) is 7.56. The zero-order valence-corrected chi connectivity index (χ0v) is 23.2. The molecular formula is C32H40N2O5. The minimum Gasteiger partial charge on any atom is -0.504 e. The summed E-state index contributed by atoms with van der Waals surface area (Å²) in [5, 5.41) is 21.5. The number of phenols is 2. The van der Waals surface area contributed by atoms with Gasteiger partial charge in [-0.05, 0) is 119 Å². The first-order chi connectivity index (χ1) is 18.9. The quantitative estimate of drug-likeness (QED) is 0.433. The van der Waals surface area contributed by atoms with E-state index in [4.69, 9.17) is 9.47 Å². The van der Waals surface area contributed by atoms with Crippen molar-refractivity contribution in [2.24, 2.45) is 0 Å². The largest absolute Gasteiger partial charge is 0.504 e. The molecule has 1 saturated carbocycles. The Kier molecular flexibility index (Phi) is 8.58. The highest BCUT2D eigenvalue weighted by atomic mass is 16.5. The number of allylic oxidation sites excluding steroid dienone is 2. The fraction of sp³-hybridized carbons (Fsp3) is 0.469. The number of carbonyl (C=O) groups excluding carboxylic acids is 1. The van der Waals surface area contributed by atoms with Gasteiger partial charge in [-0.2, -0.15) is 0 Å². The summed E-state index contributed by atoms with van der Waals surface area (Å²) < 4.78 is 10.9. The van der Waals surface area contributed by atoms with E-state index in [-0.39, 0.29) is 17.3 Å². The molecule has 0 bridgehead atoms. The average Bonchev–Trinajstić information content (AvgIpc) is 3.64. The Hall–Kier alpha value is -3.29. The number of methoxy groups -OCH3 is 2. The van der Waals surface area contributed by atoms with Crippen molar-refractivity contribution < 1.29 is 24.5 Å². The Morgan fingerprint density at radius 3 is 1.49 bits per heavy atom. The topological polar surface area (TPSA) is 82.5 Å². The standard InChI is InChI=1S/C32H40N2O5/c1-38-28-18-22(16-26(31(28)36)20-33-10-3-4-11-33)14-24-8-7-9-25(30(24)35)15-23-17-27(21-34-12-5-6-13-34)32(37)29(19-23)39-2/h14-19,36-37H,3-13,20-21H2,1-2H3/b24-14+,25-15+. The molecule has 0 aromatic heterocycles. The third-order valence-corrected chi connectivity index (χ3v) is 8.13. The number of nitrogens with zero attached hydrogens (tertiary/aromatic N) is 2. The van der Waals surface area contributed by atoms with Crippen molar-refractivity contribution in [2.75, 3.05) is 40.4 Å². The van der Waals surface area contributed by atoms with Crippen LogP contribution in [0.3, 0.4) is 0 Å². The van der Waals surface area contributed by atoms with Crippen LogP contribution in [0, 0.1) is 0 Å². The van der Waals surface area contributed by atoms with Crippen molar-refractivity contribution in [3.63, 3.8) is 0 Å². The molecule has 7 heteroatoms. The molecule has 3 aliphatic rings. The summed E-state index contributed by atoms with van der Waals surface area (Å²) in [7, 11) is 3.12. The lowest BCUT2D eigenvalue weighted by atomic mass is 9.86. The number of carbonyl (C=O) groups is 1. The van der Waals surface area contributed by atoms with E-state index < -0.39 is 0 Å². The highest BCUT2D eigenvalue weighted by Crippen LogP contribution is 2.37. The lowest BCUT2D eigenvalue weighted by Gasteiger charge is -2.20. The van der Waals surface area contributed by atoms with Gasteiger partial charge >= 0.3 is 0 Å². The van der Waals surface area contributed by atoms with Gasteiger partial charge < -0.3 is 19.7 Å². The molecule has 2 aromatic carbocycles. The molecule has 5 rings (SSSR count). The van der Waals surface area contributed by atoms with Crippen LogP contribution in [0.15, 0.2) is 35.4 Å². The van der Waals surface area contributed by atoms with E-state index in [2.05, 4.69) is 9.80 Å². The molecule has 0 amide bonds. The monoisotopic (exact) mass is 532 g/mol. The summed E-state index contributed by atoms with van der Waals surface area (Å²) in [5.74, 6) is 1.25. The van der Waals surface area contributed by atoms with Crippen molar-refractivity contribution >= 4 is 17.9 Å². The van der Waals surface area contributed by atoms with Gasteiger partial charge in [0.15, 0.2) is 28.8 Å². The van der Waals surface area contributed by atoms with Crippen LogP contribution in [0.5, 0.6) is 23.0 Å². The average molecular weight is 533 g/mol. The predicted molar refractivity (Wildman–Crippen MR) is 153 cm³/mol. The van der Waals surface area contributed by atoms with Gasteiger partial charge in [-0.1, -0.05) is 0 Å². The molecule has 2 N–H and O–H groups in total. The maximum atomic E-state index is 13.6. The van der Waals surface area contributed by atoms with Gasteiger partial charge in [0.25, 0.3) is 0 Å². The van der Waals surface area contributed by atoms with Gasteiger partial charge in [-0.3, -0.25) is 14.6 Å². The molecule has 1 aliphatic carbocycles. The van der Waals surface area contributed by atoms with Gasteiger partial charge in [0.05, 0.1) is 14.2 Å². The summed E-state index contributed by atoms with van der Waals surface area (Å²) >= 11 is 0. The van der Waals surface area contributed by atoms with E-state index in [0.29, 0.717) is 37.4 Å². The van der Waals surface area contributed by atoms with E-state index >= 15 is 0 Å². The Labute approximate surface area is 231 Å². The number of benzene rings is 2. The van der Waals surface area contributed by atoms with E-state index in [0.717, 1.165) is 66.0 Å². The number of likely N-dealkylation sites (tertiary alicyclic amines) is 2. The van der Waals surface area contributed by atoms with Crippen LogP contribution in [0.4, 0.5) is 0 Å². The maximum Gasteiger partial charge on any atom is 0.185 e. The van der Waals surface area contributed by atoms with Crippen molar-refractivity contribution in [1.82, 2.24) is 9.80 Å². The second kappa shape index (κ2) is 12.3. The predicted octanol–water partition coefficient (Wildman–Crippen LogP) is 5.53. The van der Waals surface area contributed by atoms with Crippen LogP contribution < -0.4 is 9.47 Å². The number of Topliss-reactive ketones (excluding diaryl/α,β-unsaturated/α-hetero) is 1. The zero-order chi connectivity index (χ0) is 27.4. The molecule has 0 unspecified atom stereocenters. The molecule has 2 saturated heterocycles. The third-order valence-electron chi connectivity index (χ3n) is 8.13. The van der Waals surface area contributed by atoms with Crippen molar-refractivity contribution in [3.8, 4) is 23.0 Å². The van der Waals surface area contributed by atoms with Crippen molar-refractivity contribution in [2.45, 2.75) is 58.0 Å². The van der Waals surface area contributed by atoms with Crippen LogP contribution >= 0.6 is 0 Å². The second-order valence-corrected chi connectivity index (χ2v) is 11.0. The first-order valence-electron chi connectivity index (χ1n) is 14.2.